The molecule has 2 heterocycles. The fourth-order valence-corrected chi connectivity index (χ4v) is 12.8. The lowest BCUT2D eigenvalue weighted by Gasteiger charge is -2.49. The molecule has 0 radical (unpaired) electrons. The number of allylic oxidation sites excluding steroid dienone is 2. The summed E-state index contributed by atoms with van der Waals surface area (Å²) in [5.41, 5.74) is 7.20. The Labute approximate surface area is 474 Å². The molecule has 0 N–H and O–H groups in total. The number of rotatable bonds is 32. The first-order valence-corrected chi connectivity index (χ1v) is 28.7. The van der Waals surface area contributed by atoms with E-state index in [4.69, 9.17) is 56.8 Å². The van der Waals surface area contributed by atoms with E-state index in [0.29, 0.717) is 83.9 Å². The molecular formula is C64H88N2O14+2. The summed E-state index contributed by atoms with van der Waals surface area (Å²) >= 11 is 0. The van der Waals surface area contributed by atoms with Crippen molar-refractivity contribution in [2.75, 3.05) is 124 Å². The molecule has 0 aromatic heterocycles. The van der Waals surface area contributed by atoms with Crippen LogP contribution >= 0.6 is 0 Å². The van der Waals surface area contributed by atoms with E-state index in [1.807, 2.05) is 12.2 Å². The number of hydrogen-bond donors (Lipinski definition) is 0. The SMILES string of the molecule is COc1cc2c(cc1OC)[C@@H](Cc1cc(OC)c(OC)c(OC)c1)[N@+](CCCOC(=O)CC/C=C/CCC(=O)OCCC[N@@+]1(CC3CC3)CCc3cc(OC)c(OC)cc3[C@H]1Cc1cc(OC)c(OC)c(OC)c1)(CC1CC1)CC2. The van der Waals surface area contributed by atoms with E-state index in [-0.39, 0.29) is 36.9 Å². The molecule has 4 atom stereocenters. The smallest absolute Gasteiger partial charge is 0.306 e. The first kappa shape index (κ1) is 59.6. The van der Waals surface area contributed by atoms with Crippen molar-refractivity contribution in [3.8, 4) is 57.5 Å². The van der Waals surface area contributed by atoms with Crippen LogP contribution in [0.3, 0.4) is 0 Å². The predicted octanol–water partition coefficient (Wildman–Crippen LogP) is 10.6. The van der Waals surface area contributed by atoms with Crippen molar-refractivity contribution in [1.82, 2.24) is 0 Å². The van der Waals surface area contributed by atoms with Crippen LogP contribution in [-0.2, 0) is 44.7 Å². The van der Waals surface area contributed by atoms with Gasteiger partial charge in [0, 0.05) is 74.3 Å². The van der Waals surface area contributed by atoms with E-state index >= 15 is 0 Å². The molecular weight excluding hydrogens is 1020 g/mol. The van der Waals surface area contributed by atoms with E-state index in [1.54, 1.807) is 71.1 Å². The lowest BCUT2D eigenvalue weighted by atomic mass is 9.85. The van der Waals surface area contributed by atoms with Gasteiger partial charge in [-0.2, -0.15) is 0 Å². The summed E-state index contributed by atoms with van der Waals surface area (Å²) < 4.78 is 71.3. The molecule has 4 aliphatic rings. The van der Waals surface area contributed by atoms with Gasteiger partial charge >= 0.3 is 11.9 Å². The number of carbonyl (C=O) groups excluding carboxylic acids is 2. The maximum atomic E-state index is 13.1. The van der Waals surface area contributed by atoms with Crippen LogP contribution in [-0.4, -0.2) is 144 Å². The second kappa shape index (κ2) is 27.8. The Balaban J connectivity index is 0.835. The minimum atomic E-state index is -0.221. The number of benzene rings is 4. The number of carbonyl (C=O) groups is 2. The van der Waals surface area contributed by atoms with E-state index < -0.39 is 0 Å². The summed E-state index contributed by atoms with van der Waals surface area (Å²) in [5.74, 6) is 7.39. The molecule has 80 heavy (non-hydrogen) atoms. The third-order valence-corrected chi connectivity index (χ3v) is 17.1. The highest BCUT2D eigenvalue weighted by atomic mass is 16.6. The number of fused-ring (bicyclic) bond motifs is 2. The monoisotopic (exact) mass is 1110 g/mol. The van der Waals surface area contributed by atoms with Gasteiger partial charge in [-0.05, 0) is 109 Å². The Morgan fingerprint density at radius 1 is 0.450 bits per heavy atom. The Morgan fingerprint density at radius 2 is 0.787 bits per heavy atom. The highest BCUT2D eigenvalue weighted by Crippen LogP contribution is 2.50. The maximum absolute atomic E-state index is 13.1. The fraction of sp³-hybridized carbons (Fsp3) is 0.562. The average Bonchev–Trinajstić information content (AvgIpc) is 4.53. The number of nitrogens with zero attached hydrogens (tertiary/aromatic N) is 2. The number of hydrogen-bond acceptors (Lipinski definition) is 14. The molecule has 0 bridgehead atoms. The van der Waals surface area contributed by atoms with Gasteiger partial charge in [0.25, 0.3) is 0 Å². The predicted molar refractivity (Wildman–Crippen MR) is 306 cm³/mol. The second-order valence-electron chi connectivity index (χ2n) is 22.1. The van der Waals surface area contributed by atoms with Crippen molar-refractivity contribution in [2.45, 2.75) is 102 Å². The molecule has 8 rings (SSSR count). The van der Waals surface area contributed by atoms with Crippen LogP contribution in [0.1, 0.15) is 110 Å². The summed E-state index contributed by atoms with van der Waals surface area (Å²) in [5, 5.41) is 0. The lowest BCUT2D eigenvalue weighted by Crippen LogP contribution is -2.56. The van der Waals surface area contributed by atoms with Gasteiger partial charge in [0.05, 0.1) is 124 Å². The molecule has 16 nitrogen and oxygen atoms in total. The third kappa shape index (κ3) is 14.1. The topological polar surface area (TPSA) is 145 Å². The van der Waals surface area contributed by atoms with Gasteiger partial charge in [-0.15, -0.1) is 0 Å². The van der Waals surface area contributed by atoms with Crippen LogP contribution in [0, 0.1) is 11.8 Å². The Bertz CT molecular complexity index is 2540. The number of methoxy groups -OCH3 is 10. The third-order valence-electron chi connectivity index (χ3n) is 17.1. The minimum Gasteiger partial charge on any atom is -0.493 e. The zero-order valence-corrected chi connectivity index (χ0v) is 49.2. The Hall–Kier alpha value is -6.52. The first-order chi connectivity index (χ1) is 38.9. The van der Waals surface area contributed by atoms with Gasteiger partial charge in [0.15, 0.2) is 46.0 Å². The van der Waals surface area contributed by atoms with Gasteiger partial charge in [-0.3, -0.25) is 9.59 Å². The number of ether oxygens (including phenoxy) is 12. The largest absolute Gasteiger partial charge is 0.493 e. The highest BCUT2D eigenvalue weighted by molar-refractivity contribution is 5.70. The number of esters is 2. The Morgan fingerprint density at radius 3 is 1.10 bits per heavy atom. The normalized spacial score (nSPS) is 20.2. The van der Waals surface area contributed by atoms with Crippen molar-refractivity contribution in [3.63, 3.8) is 0 Å². The maximum Gasteiger partial charge on any atom is 0.306 e. The van der Waals surface area contributed by atoms with Gasteiger partial charge in [-0.25, -0.2) is 0 Å². The first-order valence-electron chi connectivity index (χ1n) is 28.7. The fourth-order valence-electron chi connectivity index (χ4n) is 12.8. The molecule has 0 unspecified atom stereocenters. The van der Waals surface area contributed by atoms with E-state index in [9.17, 15) is 9.59 Å². The van der Waals surface area contributed by atoms with Crippen LogP contribution in [0.4, 0.5) is 0 Å². The van der Waals surface area contributed by atoms with Crippen molar-refractivity contribution in [1.29, 1.82) is 0 Å². The second-order valence-corrected chi connectivity index (χ2v) is 22.1. The molecule has 2 saturated carbocycles. The Kier molecular flexibility index (Phi) is 20.7. The molecule has 0 saturated heterocycles. The van der Waals surface area contributed by atoms with Gasteiger partial charge < -0.3 is 65.8 Å². The van der Waals surface area contributed by atoms with E-state index in [2.05, 4.69) is 48.5 Å². The lowest BCUT2D eigenvalue weighted by molar-refractivity contribution is -0.960. The van der Waals surface area contributed by atoms with Crippen molar-refractivity contribution in [2.24, 2.45) is 11.8 Å². The van der Waals surface area contributed by atoms with Gasteiger partial charge in [0.1, 0.15) is 12.1 Å². The highest BCUT2D eigenvalue weighted by Gasteiger charge is 2.48. The van der Waals surface area contributed by atoms with Crippen LogP contribution in [0.5, 0.6) is 57.5 Å². The van der Waals surface area contributed by atoms with Gasteiger partial charge in [-0.1, -0.05) is 12.2 Å². The molecule has 2 aliphatic carbocycles. The zero-order valence-electron chi connectivity index (χ0n) is 49.2. The number of quaternary nitrogens is 2. The molecule has 0 amide bonds. The summed E-state index contributed by atoms with van der Waals surface area (Å²) in [7, 11) is 16.6. The quantitative estimate of drug-likeness (QED) is 0.0198. The van der Waals surface area contributed by atoms with E-state index in [0.717, 1.165) is 109 Å². The minimum absolute atomic E-state index is 0.0978. The zero-order chi connectivity index (χ0) is 56.8. The molecule has 2 aliphatic heterocycles. The standard InChI is InChI=1S/C64H88N2O14/c1-69-53-37-47-23-27-65(41-43-19-20-43,51(49(47)39-55(53)71-3)31-45-33-57(73-5)63(77-9)58(34-45)74-6)25-15-29-79-61(67)17-13-11-12-14-18-62(68)80-30-16-26-66(42-44-21-22-44)28-24-48-38-54(70-2)56(72-4)40-50(48)52(66)32-46-35-59(75-7)64(78-10)60(36-46)76-8/h11-12,33-40,43-44,51-52H,13-32,41-42H2,1-10H3/q+2/b12-11+/t51-,52-,65+,66+/m1/s1. The van der Waals surface area contributed by atoms with Crippen LogP contribution in [0.15, 0.2) is 60.7 Å². The summed E-state index contributed by atoms with van der Waals surface area (Å²) in [6, 6.07) is 17.0. The van der Waals surface area contributed by atoms with Crippen molar-refractivity contribution >= 4 is 11.9 Å². The van der Waals surface area contributed by atoms with E-state index in [1.165, 1.54) is 47.9 Å². The molecule has 2 fully saturated rings. The molecule has 4 aromatic rings. The molecule has 0 spiro atoms. The van der Waals surface area contributed by atoms with Gasteiger partial charge in [0.2, 0.25) is 11.5 Å². The van der Waals surface area contributed by atoms with Crippen molar-refractivity contribution in [3.05, 3.63) is 94.1 Å². The van der Waals surface area contributed by atoms with Crippen LogP contribution < -0.4 is 47.4 Å². The van der Waals surface area contributed by atoms with Crippen molar-refractivity contribution < 1.29 is 75.4 Å². The van der Waals surface area contributed by atoms with Crippen LogP contribution in [0.25, 0.3) is 0 Å². The summed E-state index contributed by atoms with van der Waals surface area (Å²) in [6.45, 7) is 6.45. The van der Waals surface area contributed by atoms with Crippen LogP contribution in [0.2, 0.25) is 0 Å². The average molecular weight is 1110 g/mol. The molecule has 4 aromatic carbocycles. The molecule has 16 heteroatoms. The summed E-state index contributed by atoms with van der Waals surface area (Å²) in [4.78, 5) is 26.2. The molecule has 436 valence electrons. The summed E-state index contributed by atoms with van der Waals surface area (Å²) in [6.07, 6.45) is 15.2.